The van der Waals surface area contributed by atoms with E-state index in [0.29, 0.717) is 12.0 Å². The average molecular weight is 177 g/mol. The topological polar surface area (TPSA) is 63.8 Å². The van der Waals surface area contributed by atoms with Crippen LogP contribution in [0, 0.1) is 6.07 Å². The molecule has 2 rings (SSSR count). The van der Waals surface area contributed by atoms with E-state index in [1.54, 1.807) is 6.20 Å². The van der Waals surface area contributed by atoms with Crippen LogP contribution in [0.1, 0.15) is 25.7 Å². The van der Waals surface area contributed by atoms with Gasteiger partial charge in [0.1, 0.15) is 5.82 Å². The van der Waals surface area contributed by atoms with Gasteiger partial charge in [-0.1, -0.05) is 12.8 Å². The lowest BCUT2D eigenvalue weighted by Gasteiger charge is -2.11. The Morgan fingerprint density at radius 1 is 1.46 bits per heavy atom. The minimum absolute atomic E-state index is 0.305. The van der Waals surface area contributed by atoms with E-state index < -0.39 is 0 Å². The Labute approximate surface area is 77.6 Å². The van der Waals surface area contributed by atoms with Crippen LogP contribution in [-0.4, -0.2) is 16.0 Å². The van der Waals surface area contributed by atoms with Crippen LogP contribution in [0.15, 0.2) is 6.20 Å². The van der Waals surface area contributed by atoms with Crippen LogP contribution < -0.4 is 11.1 Å². The Bertz CT molecular complexity index is 281. The molecule has 0 atom stereocenters. The highest BCUT2D eigenvalue weighted by molar-refractivity contribution is 5.37. The maximum atomic E-state index is 5.45. The normalized spacial score (nSPS) is 17.5. The summed E-state index contributed by atoms with van der Waals surface area (Å²) in [6.07, 6.45) is 6.60. The fourth-order valence-corrected chi connectivity index (χ4v) is 1.67. The first-order valence-electron chi connectivity index (χ1n) is 4.61. The van der Waals surface area contributed by atoms with Crippen molar-refractivity contribution in [3.63, 3.8) is 0 Å². The van der Waals surface area contributed by atoms with Crippen molar-refractivity contribution >= 4 is 11.8 Å². The van der Waals surface area contributed by atoms with E-state index in [1.807, 2.05) is 0 Å². The molecule has 1 radical (unpaired) electrons. The van der Waals surface area contributed by atoms with Crippen LogP contribution in [0.2, 0.25) is 0 Å². The molecule has 1 heterocycles. The number of nitrogens with two attached hydrogens (primary N) is 1. The van der Waals surface area contributed by atoms with E-state index in [4.69, 9.17) is 5.73 Å². The van der Waals surface area contributed by atoms with Crippen LogP contribution in [-0.2, 0) is 0 Å². The van der Waals surface area contributed by atoms with Crippen molar-refractivity contribution in [3.8, 4) is 0 Å². The highest BCUT2D eigenvalue weighted by Gasteiger charge is 2.14. The van der Waals surface area contributed by atoms with Crippen molar-refractivity contribution in [1.29, 1.82) is 0 Å². The number of hydrogen-bond acceptors (Lipinski definition) is 4. The van der Waals surface area contributed by atoms with Crippen LogP contribution in [0.4, 0.5) is 11.8 Å². The number of nitrogens with zero attached hydrogens (tertiary/aromatic N) is 2. The predicted molar refractivity (Wildman–Crippen MR) is 51.2 cm³/mol. The van der Waals surface area contributed by atoms with Gasteiger partial charge in [-0.05, 0) is 12.8 Å². The predicted octanol–water partition coefficient (Wildman–Crippen LogP) is 1.21. The largest absolute Gasteiger partial charge is 0.368 e. The van der Waals surface area contributed by atoms with Gasteiger partial charge in [-0.2, -0.15) is 4.98 Å². The first kappa shape index (κ1) is 8.29. The third kappa shape index (κ3) is 2.08. The molecular formula is C9H13N4. The second-order valence-electron chi connectivity index (χ2n) is 3.35. The van der Waals surface area contributed by atoms with Gasteiger partial charge in [0.05, 0.1) is 0 Å². The lowest BCUT2D eigenvalue weighted by atomic mass is 10.2. The minimum Gasteiger partial charge on any atom is -0.368 e. The third-order valence-corrected chi connectivity index (χ3v) is 2.32. The molecule has 0 aromatic carbocycles. The fourth-order valence-electron chi connectivity index (χ4n) is 1.67. The summed E-state index contributed by atoms with van der Waals surface area (Å²) in [4.78, 5) is 7.82. The second kappa shape index (κ2) is 3.60. The first-order valence-corrected chi connectivity index (χ1v) is 4.61. The molecule has 69 valence electrons. The Morgan fingerprint density at radius 2 is 2.23 bits per heavy atom. The van der Waals surface area contributed by atoms with Crippen LogP contribution in [0.5, 0.6) is 0 Å². The Balaban J connectivity index is 2.00. The molecule has 1 aromatic heterocycles. The molecule has 0 spiro atoms. The Hall–Kier alpha value is -1.32. The van der Waals surface area contributed by atoms with Crippen molar-refractivity contribution < 1.29 is 0 Å². The highest BCUT2D eigenvalue weighted by Crippen LogP contribution is 2.20. The lowest BCUT2D eigenvalue weighted by Crippen LogP contribution is -2.16. The van der Waals surface area contributed by atoms with Gasteiger partial charge in [0.25, 0.3) is 0 Å². The second-order valence-corrected chi connectivity index (χ2v) is 3.35. The maximum absolute atomic E-state index is 5.45. The van der Waals surface area contributed by atoms with Gasteiger partial charge in [0.2, 0.25) is 5.95 Å². The molecule has 4 heteroatoms. The van der Waals surface area contributed by atoms with E-state index >= 15 is 0 Å². The summed E-state index contributed by atoms with van der Waals surface area (Å²) in [7, 11) is 0. The average Bonchev–Trinajstić information content (AvgIpc) is 2.57. The van der Waals surface area contributed by atoms with Gasteiger partial charge >= 0.3 is 0 Å². The Kier molecular flexibility index (Phi) is 2.29. The van der Waals surface area contributed by atoms with Gasteiger partial charge in [-0.3, -0.25) is 0 Å². The number of anilines is 2. The van der Waals surface area contributed by atoms with Crippen molar-refractivity contribution in [2.75, 3.05) is 11.1 Å². The highest BCUT2D eigenvalue weighted by atomic mass is 15.1. The van der Waals surface area contributed by atoms with Gasteiger partial charge in [-0.25, -0.2) is 4.98 Å². The molecule has 1 aliphatic rings. The van der Waals surface area contributed by atoms with E-state index in [9.17, 15) is 0 Å². The molecule has 13 heavy (non-hydrogen) atoms. The molecule has 0 aliphatic heterocycles. The Morgan fingerprint density at radius 3 is 2.92 bits per heavy atom. The first-order chi connectivity index (χ1) is 6.34. The van der Waals surface area contributed by atoms with Crippen molar-refractivity contribution in [1.82, 2.24) is 9.97 Å². The summed E-state index contributed by atoms with van der Waals surface area (Å²) in [6, 6.07) is 3.47. The smallest absolute Gasteiger partial charge is 0.221 e. The van der Waals surface area contributed by atoms with Crippen LogP contribution >= 0.6 is 0 Å². The third-order valence-electron chi connectivity index (χ3n) is 2.32. The summed E-state index contributed by atoms with van der Waals surface area (Å²) in [5, 5.41) is 3.30. The maximum Gasteiger partial charge on any atom is 0.221 e. The molecule has 0 unspecified atom stereocenters. The van der Waals surface area contributed by atoms with Gasteiger partial charge in [0.15, 0.2) is 0 Å². The zero-order chi connectivity index (χ0) is 9.10. The summed E-state index contributed by atoms with van der Waals surface area (Å²) in [5.74, 6) is 1.03. The van der Waals surface area contributed by atoms with E-state index in [0.717, 1.165) is 5.82 Å². The zero-order valence-electron chi connectivity index (χ0n) is 7.45. The monoisotopic (exact) mass is 177 g/mol. The molecular weight excluding hydrogens is 164 g/mol. The molecule has 0 bridgehead atoms. The molecule has 1 fully saturated rings. The van der Waals surface area contributed by atoms with Gasteiger partial charge in [0, 0.05) is 18.3 Å². The number of rotatable bonds is 2. The van der Waals surface area contributed by atoms with Crippen LogP contribution in [0.3, 0.4) is 0 Å². The van der Waals surface area contributed by atoms with E-state index in [-0.39, 0.29) is 0 Å². The number of aromatic nitrogens is 2. The van der Waals surface area contributed by atoms with E-state index in [2.05, 4.69) is 21.4 Å². The van der Waals surface area contributed by atoms with Crippen molar-refractivity contribution in [2.45, 2.75) is 31.7 Å². The standard InChI is InChI=1S/C9H13N4/c10-9-11-6-5-8(13-9)12-7-3-1-2-4-7/h6-7H,1-4H2,(H3,10,11,12,13). The number of hydrogen-bond donors (Lipinski definition) is 2. The van der Waals surface area contributed by atoms with Crippen molar-refractivity contribution in [2.24, 2.45) is 0 Å². The summed E-state index contributed by atoms with van der Waals surface area (Å²) < 4.78 is 0. The van der Waals surface area contributed by atoms with E-state index in [1.165, 1.54) is 25.7 Å². The quantitative estimate of drug-likeness (QED) is 0.712. The summed E-state index contributed by atoms with van der Waals surface area (Å²) >= 11 is 0. The van der Waals surface area contributed by atoms with Crippen LogP contribution in [0.25, 0.3) is 0 Å². The number of nitrogens with one attached hydrogen (secondary N) is 1. The lowest BCUT2D eigenvalue weighted by molar-refractivity contribution is 0.750. The molecule has 1 aliphatic carbocycles. The summed E-state index contributed by atoms with van der Waals surface area (Å²) in [6.45, 7) is 0. The summed E-state index contributed by atoms with van der Waals surface area (Å²) in [5.41, 5.74) is 5.45. The SMILES string of the molecule is Nc1nc[c]c(NC2CCCC2)n1. The molecule has 3 N–H and O–H groups in total. The molecule has 0 saturated heterocycles. The molecule has 1 aromatic rings. The molecule has 4 nitrogen and oxygen atoms in total. The van der Waals surface area contributed by atoms with Crippen molar-refractivity contribution in [3.05, 3.63) is 12.3 Å². The zero-order valence-corrected chi connectivity index (χ0v) is 7.45. The van der Waals surface area contributed by atoms with Gasteiger partial charge in [-0.15, -0.1) is 0 Å². The molecule has 0 amide bonds. The minimum atomic E-state index is 0.305. The fraction of sp³-hybridized carbons (Fsp3) is 0.556. The molecule has 1 saturated carbocycles. The number of nitrogen functional groups attached to an aromatic ring is 1. The van der Waals surface area contributed by atoms with Gasteiger partial charge < -0.3 is 11.1 Å².